The Hall–Kier alpha value is -1.08. The standard InChI is InChI=1S/C17H27N/c1-5-14(2)16-11-9-15(10-12-16)8-6-7-13-17(3,4)18/h6,8-12,14H,5,7,13,18H2,1-4H3/b8-6+. The molecule has 0 amide bonds. The van der Waals surface area contributed by atoms with Gasteiger partial charge in [0, 0.05) is 5.54 Å². The van der Waals surface area contributed by atoms with E-state index in [0.717, 1.165) is 12.8 Å². The van der Waals surface area contributed by atoms with E-state index in [0.29, 0.717) is 5.92 Å². The predicted molar refractivity (Wildman–Crippen MR) is 81.7 cm³/mol. The van der Waals surface area contributed by atoms with Gasteiger partial charge in [-0.15, -0.1) is 0 Å². The van der Waals surface area contributed by atoms with E-state index in [-0.39, 0.29) is 5.54 Å². The first kappa shape index (κ1) is 15.0. The van der Waals surface area contributed by atoms with E-state index in [9.17, 15) is 0 Å². The van der Waals surface area contributed by atoms with Crippen LogP contribution >= 0.6 is 0 Å². The average Bonchev–Trinajstić information content (AvgIpc) is 2.33. The van der Waals surface area contributed by atoms with Crippen LogP contribution in [0.5, 0.6) is 0 Å². The van der Waals surface area contributed by atoms with E-state index >= 15 is 0 Å². The number of nitrogens with two attached hydrogens (primary N) is 1. The van der Waals surface area contributed by atoms with Crippen molar-refractivity contribution in [2.75, 3.05) is 0 Å². The number of hydrogen-bond acceptors (Lipinski definition) is 1. The predicted octanol–water partition coefficient (Wildman–Crippen LogP) is 4.73. The van der Waals surface area contributed by atoms with E-state index in [1.165, 1.54) is 17.5 Å². The van der Waals surface area contributed by atoms with Crippen LogP contribution in [0, 0.1) is 0 Å². The second-order valence-corrected chi connectivity index (χ2v) is 5.91. The highest BCUT2D eigenvalue weighted by Gasteiger charge is 2.07. The van der Waals surface area contributed by atoms with Gasteiger partial charge in [0.15, 0.2) is 0 Å². The molecular formula is C17H27N. The molecule has 0 aliphatic rings. The van der Waals surface area contributed by atoms with Gasteiger partial charge in [-0.2, -0.15) is 0 Å². The Balaban J connectivity index is 2.51. The van der Waals surface area contributed by atoms with Crippen LogP contribution in [0.3, 0.4) is 0 Å². The summed E-state index contributed by atoms with van der Waals surface area (Å²) in [6.45, 7) is 8.64. The largest absolute Gasteiger partial charge is 0.326 e. The van der Waals surface area contributed by atoms with Gasteiger partial charge in [0.1, 0.15) is 0 Å². The van der Waals surface area contributed by atoms with Crippen molar-refractivity contribution in [2.45, 2.75) is 58.4 Å². The van der Waals surface area contributed by atoms with Crippen LogP contribution in [0.25, 0.3) is 6.08 Å². The number of benzene rings is 1. The molecule has 0 aliphatic heterocycles. The fraction of sp³-hybridized carbons (Fsp3) is 0.529. The molecule has 1 unspecified atom stereocenters. The number of hydrogen-bond donors (Lipinski definition) is 1. The molecule has 2 N–H and O–H groups in total. The molecule has 0 aliphatic carbocycles. The lowest BCUT2D eigenvalue weighted by atomic mass is 9.97. The van der Waals surface area contributed by atoms with E-state index in [4.69, 9.17) is 5.73 Å². The van der Waals surface area contributed by atoms with Crippen molar-refractivity contribution in [2.24, 2.45) is 5.73 Å². The van der Waals surface area contributed by atoms with Gasteiger partial charge in [-0.25, -0.2) is 0 Å². The van der Waals surface area contributed by atoms with Crippen LogP contribution in [-0.2, 0) is 0 Å². The first-order valence-electron chi connectivity index (χ1n) is 6.98. The summed E-state index contributed by atoms with van der Waals surface area (Å²) in [6.07, 6.45) is 7.66. The Bertz CT molecular complexity index is 368. The van der Waals surface area contributed by atoms with Crippen molar-refractivity contribution < 1.29 is 0 Å². The Morgan fingerprint density at radius 1 is 1.22 bits per heavy atom. The summed E-state index contributed by atoms with van der Waals surface area (Å²) in [7, 11) is 0. The zero-order valence-corrected chi connectivity index (χ0v) is 12.2. The molecule has 0 aromatic heterocycles. The van der Waals surface area contributed by atoms with E-state index < -0.39 is 0 Å². The van der Waals surface area contributed by atoms with Gasteiger partial charge in [-0.1, -0.05) is 50.3 Å². The molecule has 0 spiro atoms. The summed E-state index contributed by atoms with van der Waals surface area (Å²) in [6, 6.07) is 8.87. The van der Waals surface area contributed by atoms with Gasteiger partial charge in [0.25, 0.3) is 0 Å². The maximum Gasteiger partial charge on any atom is 0.01000 e. The van der Waals surface area contributed by atoms with Crippen molar-refractivity contribution in [1.82, 2.24) is 0 Å². The van der Waals surface area contributed by atoms with Gasteiger partial charge in [0.2, 0.25) is 0 Å². The zero-order valence-electron chi connectivity index (χ0n) is 12.2. The van der Waals surface area contributed by atoms with Crippen LogP contribution in [0.2, 0.25) is 0 Å². The lowest BCUT2D eigenvalue weighted by Gasteiger charge is -2.16. The van der Waals surface area contributed by atoms with Gasteiger partial charge in [-0.05, 0) is 50.2 Å². The topological polar surface area (TPSA) is 26.0 Å². The fourth-order valence-corrected chi connectivity index (χ4v) is 1.85. The van der Waals surface area contributed by atoms with Crippen LogP contribution in [0.4, 0.5) is 0 Å². The van der Waals surface area contributed by atoms with E-state index in [1.54, 1.807) is 0 Å². The molecule has 1 aromatic rings. The molecule has 0 bridgehead atoms. The van der Waals surface area contributed by atoms with Gasteiger partial charge >= 0.3 is 0 Å². The Kier molecular flexibility index (Phi) is 5.61. The Labute approximate surface area is 112 Å². The maximum absolute atomic E-state index is 5.95. The summed E-state index contributed by atoms with van der Waals surface area (Å²) in [4.78, 5) is 0. The van der Waals surface area contributed by atoms with E-state index in [2.05, 4.69) is 64.1 Å². The summed E-state index contributed by atoms with van der Waals surface area (Å²) >= 11 is 0. The van der Waals surface area contributed by atoms with Crippen molar-refractivity contribution in [3.8, 4) is 0 Å². The Morgan fingerprint density at radius 3 is 2.33 bits per heavy atom. The molecule has 0 saturated heterocycles. The molecule has 0 saturated carbocycles. The smallest absolute Gasteiger partial charge is 0.01000 e. The van der Waals surface area contributed by atoms with Gasteiger partial charge < -0.3 is 5.73 Å². The number of rotatable bonds is 6. The fourth-order valence-electron chi connectivity index (χ4n) is 1.85. The van der Waals surface area contributed by atoms with Crippen LogP contribution in [0.15, 0.2) is 30.3 Å². The third-order valence-corrected chi connectivity index (χ3v) is 3.38. The van der Waals surface area contributed by atoms with Gasteiger partial charge in [-0.3, -0.25) is 0 Å². The number of allylic oxidation sites excluding steroid dienone is 1. The summed E-state index contributed by atoms with van der Waals surface area (Å²) in [5.74, 6) is 0.654. The highest BCUT2D eigenvalue weighted by molar-refractivity contribution is 5.49. The minimum absolute atomic E-state index is 0.0647. The monoisotopic (exact) mass is 245 g/mol. The quantitative estimate of drug-likeness (QED) is 0.770. The molecular weight excluding hydrogens is 218 g/mol. The minimum Gasteiger partial charge on any atom is -0.326 e. The molecule has 100 valence electrons. The molecule has 1 atom stereocenters. The molecule has 1 aromatic carbocycles. The van der Waals surface area contributed by atoms with Crippen molar-refractivity contribution in [3.05, 3.63) is 41.5 Å². The van der Waals surface area contributed by atoms with Gasteiger partial charge in [0.05, 0.1) is 0 Å². The summed E-state index contributed by atoms with van der Waals surface area (Å²) in [5, 5.41) is 0. The molecule has 0 radical (unpaired) electrons. The third-order valence-electron chi connectivity index (χ3n) is 3.38. The first-order chi connectivity index (χ1) is 8.42. The summed E-state index contributed by atoms with van der Waals surface area (Å²) < 4.78 is 0. The third kappa shape index (κ3) is 5.50. The first-order valence-corrected chi connectivity index (χ1v) is 6.98. The molecule has 1 nitrogen and oxygen atoms in total. The highest BCUT2D eigenvalue weighted by atomic mass is 14.7. The lowest BCUT2D eigenvalue weighted by molar-refractivity contribution is 0.482. The molecule has 0 heterocycles. The van der Waals surface area contributed by atoms with Crippen molar-refractivity contribution in [1.29, 1.82) is 0 Å². The molecule has 1 rings (SSSR count). The second-order valence-electron chi connectivity index (χ2n) is 5.91. The maximum atomic E-state index is 5.95. The van der Waals surface area contributed by atoms with E-state index in [1.807, 2.05) is 0 Å². The highest BCUT2D eigenvalue weighted by Crippen LogP contribution is 2.19. The second kappa shape index (κ2) is 6.75. The SMILES string of the molecule is CCC(C)c1ccc(/C=C/CCC(C)(C)N)cc1. The van der Waals surface area contributed by atoms with Crippen LogP contribution in [0.1, 0.15) is 64.0 Å². The molecule has 18 heavy (non-hydrogen) atoms. The normalized spacial score (nSPS) is 14.1. The summed E-state index contributed by atoms with van der Waals surface area (Å²) in [5.41, 5.74) is 8.59. The lowest BCUT2D eigenvalue weighted by Crippen LogP contribution is -2.31. The Morgan fingerprint density at radius 2 is 1.83 bits per heavy atom. The zero-order chi connectivity index (χ0) is 13.6. The molecule has 0 fully saturated rings. The van der Waals surface area contributed by atoms with Crippen LogP contribution in [-0.4, -0.2) is 5.54 Å². The van der Waals surface area contributed by atoms with Crippen molar-refractivity contribution in [3.63, 3.8) is 0 Å². The molecule has 1 heteroatoms. The minimum atomic E-state index is -0.0647. The van der Waals surface area contributed by atoms with Crippen molar-refractivity contribution >= 4 is 6.08 Å². The average molecular weight is 245 g/mol. The van der Waals surface area contributed by atoms with Crippen LogP contribution < -0.4 is 5.73 Å².